The van der Waals surface area contributed by atoms with Crippen LogP contribution >= 0.6 is 0 Å². The molecule has 1 aliphatic rings. The zero-order valence-electron chi connectivity index (χ0n) is 15.4. The van der Waals surface area contributed by atoms with E-state index >= 15 is 0 Å². The van der Waals surface area contributed by atoms with Crippen molar-refractivity contribution < 1.29 is 26.7 Å². The molecule has 0 amide bonds. The van der Waals surface area contributed by atoms with E-state index in [1.807, 2.05) is 24.6 Å². The van der Waals surface area contributed by atoms with Crippen molar-refractivity contribution >= 4 is 26.6 Å². The van der Waals surface area contributed by atoms with E-state index in [2.05, 4.69) is 14.2 Å². The quantitative estimate of drug-likeness (QED) is 0.686. The van der Waals surface area contributed by atoms with E-state index in [4.69, 9.17) is 0 Å². The van der Waals surface area contributed by atoms with E-state index in [1.54, 1.807) is 24.3 Å². The molecule has 0 saturated heterocycles. The summed E-state index contributed by atoms with van der Waals surface area (Å²) in [4.78, 5) is 0. The van der Waals surface area contributed by atoms with Crippen LogP contribution in [0.5, 0.6) is 11.5 Å². The van der Waals surface area contributed by atoms with E-state index in [1.165, 1.54) is 12.1 Å². The highest BCUT2D eigenvalue weighted by Crippen LogP contribution is 2.44. The van der Waals surface area contributed by atoms with Crippen molar-refractivity contribution in [2.75, 3.05) is 11.0 Å². The van der Waals surface area contributed by atoms with Crippen LogP contribution in [-0.4, -0.2) is 25.5 Å². The minimum Gasteiger partial charge on any atom is -0.395 e. The Morgan fingerprint density at radius 2 is 1.79 bits per heavy atom. The normalized spacial score (nSPS) is 15.4. The minimum absolute atomic E-state index is 0.0130. The second-order valence-corrected chi connectivity index (χ2v) is 8.73. The van der Waals surface area contributed by atoms with Crippen LogP contribution in [-0.2, 0) is 10.0 Å². The van der Waals surface area contributed by atoms with Gasteiger partial charge in [0.25, 0.3) is 0 Å². The molecule has 0 radical (unpaired) electrons. The van der Waals surface area contributed by atoms with Crippen LogP contribution in [0.4, 0.5) is 14.5 Å². The summed E-state index contributed by atoms with van der Waals surface area (Å²) in [6, 6.07) is 9.96. The second-order valence-electron chi connectivity index (χ2n) is 6.98. The highest BCUT2D eigenvalue weighted by atomic mass is 32.2. The summed E-state index contributed by atoms with van der Waals surface area (Å²) in [5.41, 5.74) is 2.78. The molecule has 2 heterocycles. The van der Waals surface area contributed by atoms with Crippen molar-refractivity contribution in [3.63, 3.8) is 0 Å². The number of benzene rings is 2. The van der Waals surface area contributed by atoms with Crippen LogP contribution in [0.2, 0.25) is 0 Å². The zero-order valence-corrected chi connectivity index (χ0v) is 16.2. The van der Waals surface area contributed by atoms with Gasteiger partial charge in [0.2, 0.25) is 10.0 Å². The number of halogens is 2. The van der Waals surface area contributed by atoms with Crippen molar-refractivity contribution in [1.29, 1.82) is 0 Å². The van der Waals surface area contributed by atoms with E-state index in [0.29, 0.717) is 11.3 Å². The Morgan fingerprint density at radius 1 is 1.07 bits per heavy atom. The van der Waals surface area contributed by atoms with Crippen LogP contribution in [0, 0.1) is 0 Å². The third-order valence-corrected chi connectivity index (χ3v) is 5.01. The Labute approximate surface area is 160 Å². The van der Waals surface area contributed by atoms with Gasteiger partial charge in [0.1, 0.15) is 0 Å². The Kier molecular flexibility index (Phi) is 4.04. The zero-order chi connectivity index (χ0) is 20.3. The number of fused-ring (bicyclic) bond motifs is 2. The Hall–Kier alpha value is -2.81. The number of hydrogen-bond acceptors (Lipinski definition) is 4. The maximum absolute atomic E-state index is 13.3. The predicted molar refractivity (Wildman–Crippen MR) is 102 cm³/mol. The van der Waals surface area contributed by atoms with Gasteiger partial charge in [-0.25, -0.2) is 8.42 Å². The molecule has 28 heavy (non-hydrogen) atoms. The number of sulfonamides is 1. The van der Waals surface area contributed by atoms with E-state index in [9.17, 15) is 17.2 Å². The van der Waals surface area contributed by atoms with Crippen molar-refractivity contribution in [3.8, 4) is 22.6 Å². The first-order chi connectivity index (χ1) is 13.0. The standard InChI is InChI=1S/C19H18F2N2O4S/c1-11(2)23-10-15(12-4-7-17-18(8-12)27-19(20,21)26-17)14-6-5-13(9-16(14)23)22-28(3,24)25/h4-11,22H,1-3H3. The fourth-order valence-corrected chi connectivity index (χ4v) is 3.86. The number of anilines is 1. The van der Waals surface area contributed by atoms with Gasteiger partial charge < -0.3 is 14.0 Å². The monoisotopic (exact) mass is 408 g/mol. The van der Waals surface area contributed by atoms with Crippen molar-refractivity contribution in [2.45, 2.75) is 26.2 Å². The second kappa shape index (κ2) is 6.10. The van der Waals surface area contributed by atoms with Gasteiger partial charge in [0.15, 0.2) is 11.5 Å². The first-order valence-corrected chi connectivity index (χ1v) is 10.4. The molecular weight excluding hydrogens is 390 g/mol. The number of aromatic nitrogens is 1. The average Bonchev–Trinajstić information content (AvgIpc) is 3.08. The van der Waals surface area contributed by atoms with Gasteiger partial charge in [0, 0.05) is 23.2 Å². The summed E-state index contributed by atoms with van der Waals surface area (Å²) in [7, 11) is -3.40. The van der Waals surface area contributed by atoms with Crippen LogP contribution in [0.3, 0.4) is 0 Å². The number of nitrogens with one attached hydrogen (secondary N) is 1. The Balaban J connectivity index is 1.85. The molecule has 0 saturated carbocycles. The first kappa shape index (κ1) is 18.5. The number of ether oxygens (including phenoxy) is 2. The summed E-state index contributed by atoms with van der Waals surface area (Å²) < 4.78 is 63.2. The Morgan fingerprint density at radius 3 is 2.46 bits per heavy atom. The van der Waals surface area contributed by atoms with Crippen LogP contribution in [0.15, 0.2) is 42.6 Å². The number of nitrogens with zero attached hydrogens (tertiary/aromatic N) is 1. The lowest BCUT2D eigenvalue weighted by Gasteiger charge is -2.10. The van der Waals surface area contributed by atoms with E-state index < -0.39 is 16.3 Å². The summed E-state index contributed by atoms with van der Waals surface area (Å²) in [5.74, 6) is -0.0377. The van der Waals surface area contributed by atoms with Crippen molar-refractivity contribution in [3.05, 3.63) is 42.6 Å². The molecule has 1 N–H and O–H groups in total. The SMILES string of the molecule is CC(C)n1cc(-c2ccc3c(c2)OC(F)(F)O3)c2ccc(NS(C)(=O)=O)cc21. The minimum atomic E-state index is -3.67. The fraction of sp³-hybridized carbons (Fsp3) is 0.263. The van der Waals surface area contributed by atoms with Gasteiger partial charge >= 0.3 is 6.29 Å². The molecule has 9 heteroatoms. The largest absolute Gasteiger partial charge is 0.586 e. The van der Waals surface area contributed by atoms with Gasteiger partial charge in [-0.05, 0) is 43.7 Å². The third kappa shape index (κ3) is 3.37. The molecule has 0 atom stereocenters. The number of alkyl halides is 2. The average molecular weight is 408 g/mol. The maximum Gasteiger partial charge on any atom is 0.586 e. The highest BCUT2D eigenvalue weighted by molar-refractivity contribution is 7.92. The predicted octanol–water partition coefficient (Wildman–Crippen LogP) is 4.58. The Bertz CT molecular complexity index is 1190. The summed E-state index contributed by atoms with van der Waals surface area (Å²) in [6.07, 6.45) is -0.666. The lowest BCUT2D eigenvalue weighted by Crippen LogP contribution is -2.25. The van der Waals surface area contributed by atoms with Crippen molar-refractivity contribution in [2.24, 2.45) is 0 Å². The van der Waals surface area contributed by atoms with Crippen LogP contribution < -0.4 is 14.2 Å². The molecule has 0 spiro atoms. The molecule has 0 unspecified atom stereocenters. The number of rotatable bonds is 4. The van der Waals surface area contributed by atoms with E-state index in [-0.39, 0.29) is 17.5 Å². The molecule has 6 nitrogen and oxygen atoms in total. The van der Waals surface area contributed by atoms with Gasteiger partial charge in [-0.3, -0.25) is 4.72 Å². The molecule has 1 aromatic heterocycles. The lowest BCUT2D eigenvalue weighted by atomic mass is 10.0. The lowest BCUT2D eigenvalue weighted by molar-refractivity contribution is -0.286. The van der Waals surface area contributed by atoms with Gasteiger partial charge in [-0.15, -0.1) is 8.78 Å². The first-order valence-electron chi connectivity index (χ1n) is 8.55. The summed E-state index contributed by atoms with van der Waals surface area (Å²) in [6.45, 7) is 4.00. The highest BCUT2D eigenvalue weighted by Gasteiger charge is 2.43. The molecule has 4 rings (SSSR count). The van der Waals surface area contributed by atoms with Gasteiger partial charge in [0.05, 0.1) is 17.5 Å². The maximum atomic E-state index is 13.3. The smallest absolute Gasteiger partial charge is 0.395 e. The van der Waals surface area contributed by atoms with Crippen LogP contribution in [0.25, 0.3) is 22.0 Å². The topological polar surface area (TPSA) is 69.6 Å². The molecule has 0 aliphatic carbocycles. The summed E-state index contributed by atoms with van der Waals surface area (Å²) in [5, 5.41) is 0.860. The molecule has 148 valence electrons. The summed E-state index contributed by atoms with van der Waals surface area (Å²) >= 11 is 0. The third-order valence-electron chi connectivity index (χ3n) is 4.41. The molecule has 0 fully saturated rings. The molecule has 1 aliphatic heterocycles. The van der Waals surface area contributed by atoms with Crippen molar-refractivity contribution in [1.82, 2.24) is 4.57 Å². The number of hydrogen-bond donors (Lipinski definition) is 1. The molecule has 0 bridgehead atoms. The van der Waals surface area contributed by atoms with Crippen LogP contribution in [0.1, 0.15) is 19.9 Å². The van der Waals surface area contributed by atoms with Gasteiger partial charge in [-0.2, -0.15) is 0 Å². The van der Waals surface area contributed by atoms with Gasteiger partial charge in [-0.1, -0.05) is 12.1 Å². The fourth-order valence-electron chi connectivity index (χ4n) is 3.30. The molecule has 2 aromatic carbocycles. The molecular formula is C19H18F2N2O4S. The van der Waals surface area contributed by atoms with E-state index in [0.717, 1.165) is 22.7 Å². The molecule has 3 aromatic rings.